The second-order valence-electron chi connectivity index (χ2n) is 6.66. The Morgan fingerprint density at radius 2 is 2.00 bits per heavy atom. The van der Waals surface area contributed by atoms with Crippen molar-refractivity contribution in [2.45, 2.75) is 25.7 Å². The van der Waals surface area contributed by atoms with E-state index in [2.05, 4.69) is 40.5 Å². The van der Waals surface area contributed by atoms with E-state index in [4.69, 9.17) is 4.98 Å². The van der Waals surface area contributed by atoms with Gasteiger partial charge >= 0.3 is 0 Å². The second kappa shape index (κ2) is 5.30. The second-order valence-corrected chi connectivity index (χ2v) is 6.66. The van der Waals surface area contributed by atoms with Crippen LogP contribution in [-0.4, -0.2) is 31.2 Å². The van der Waals surface area contributed by atoms with Gasteiger partial charge in [0.25, 0.3) is 0 Å². The van der Waals surface area contributed by atoms with Crippen LogP contribution >= 0.6 is 0 Å². The third-order valence-corrected chi connectivity index (χ3v) is 5.17. The molecule has 110 valence electrons. The molecule has 2 aliphatic rings. The van der Waals surface area contributed by atoms with E-state index >= 15 is 0 Å². The van der Waals surface area contributed by atoms with Crippen molar-refractivity contribution in [3.8, 4) is 0 Å². The SMILES string of the molecule is c1ccc2c(N3CCCC4(CCCNC4)C3)nccc2c1. The van der Waals surface area contributed by atoms with Gasteiger partial charge in [-0.25, -0.2) is 4.98 Å². The summed E-state index contributed by atoms with van der Waals surface area (Å²) in [5, 5.41) is 6.20. The Labute approximate surface area is 126 Å². The Morgan fingerprint density at radius 1 is 1.10 bits per heavy atom. The van der Waals surface area contributed by atoms with Crippen molar-refractivity contribution < 1.29 is 0 Å². The number of fused-ring (bicyclic) bond motifs is 1. The van der Waals surface area contributed by atoms with Crippen molar-refractivity contribution in [1.29, 1.82) is 0 Å². The van der Waals surface area contributed by atoms with Crippen LogP contribution in [0.1, 0.15) is 25.7 Å². The third kappa shape index (κ3) is 2.40. The first-order valence-electron chi connectivity index (χ1n) is 8.16. The van der Waals surface area contributed by atoms with Crippen molar-refractivity contribution >= 4 is 16.6 Å². The molecular formula is C18H23N3. The lowest BCUT2D eigenvalue weighted by Gasteiger charge is -2.46. The van der Waals surface area contributed by atoms with Crippen LogP contribution in [0, 0.1) is 5.41 Å². The molecule has 1 unspecified atom stereocenters. The molecule has 0 radical (unpaired) electrons. The maximum absolute atomic E-state index is 4.71. The number of hydrogen-bond donors (Lipinski definition) is 1. The van der Waals surface area contributed by atoms with Crippen LogP contribution < -0.4 is 10.2 Å². The molecule has 1 aromatic carbocycles. The first kappa shape index (κ1) is 13.1. The third-order valence-electron chi connectivity index (χ3n) is 5.17. The molecule has 1 aromatic heterocycles. The van der Waals surface area contributed by atoms with E-state index in [1.54, 1.807) is 0 Å². The first-order valence-corrected chi connectivity index (χ1v) is 8.16. The summed E-state index contributed by atoms with van der Waals surface area (Å²) in [7, 11) is 0. The molecule has 0 bridgehead atoms. The monoisotopic (exact) mass is 281 g/mol. The van der Waals surface area contributed by atoms with Crippen LogP contribution in [0.4, 0.5) is 5.82 Å². The van der Waals surface area contributed by atoms with Gasteiger partial charge in [-0.1, -0.05) is 24.3 Å². The zero-order valence-corrected chi connectivity index (χ0v) is 12.5. The van der Waals surface area contributed by atoms with E-state index < -0.39 is 0 Å². The number of pyridine rings is 1. The van der Waals surface area contributed by atoms with Gasteiger partial charge in [0.05, 0.1) is 0 Å². The molecule has 1 N–H and O–H groups in total. The standard InChI is InChI=1S/C18H23N3/c1-2-6-16-15(5-1)7-11-20-17(16)21-12-4-9-18(14-21)8-3-10-19-13-18/h1-2,5-7,11,19H,3-4,8-10,12-14H2. The van der Waals surface area contributed by atoms with Crippen molar-refractivity contribution in [2.75, 3.05) is 31.1 Å². The number of nitrogens with one attached hydrogen (secondary N) is 1. The normalized spacial score (nSPS) is 26.4. The predicted octanol–water partition coefficient (Wildman–Crippen LogP) is 3.20. The van der Waals surface area contributed by atoms with Crippen molar-refractivity contribution in [1.82, 2.24) is 10.3 Å². The quantitative estimate of drug-likeness (QED) is 0.870. The predicted molar refractivity (Wildman–Crippen MR) is 87.7 cm³/mol. The van der Waals surface area contributed by atoms with E-state index in [1.165, 1.54) is 55.4 Å². The maximum atomic E-state index is 4.71. The van der Waals surface area contributed by atoms with E-state index in [9.17, 15) is 0 Å². The topological polar surface area (TPSA) is 28.2 Å². The molecule has 2 aliphatic heterocycles. The van der Waals surface area contributed by atoms with E-state index in [0.29, 0.717) is 5.41 Å². The van der Waals surface area contributed by atoms with Gasteiger partial charge in [-0.3, -0.25) is 0 Å². The maximum Gasteiger partial charge on any atom is 0.136 e. The van der Waals surface area contributed by atoms with Crippen LogP contribution in [0.3, 0.4) is 0 Å². The van der Waals surface area contributed by atoms with Crippen molar-refractivity contribution in [2.24, 2.45) is 5.41 Å². The number of hydrogen-bond acceptors (Lipinski definition) is 3. The number of rotatable bonds is 1. The summed E-state index contributed by atoms with van der Waals surface area (Å²) < 4.78 is 0. The molecule has 3 heteroatoms. The highest BCUT2D eigenvalue weighted by Gasteiger charge is 2.37. The van der Waals surface area contributed by atoms with Crippen LogP contribution in [0.15, 0.2) is 36.5 Å². The molecule has 1 atom stereocenters. The van der Waals surface area contributed by atoms with Gasteiger partial charge in [0, 0.05) is 36.6 Å². The highest BCUT2D eigenvalue weighted by Crippen LogP contribution is 2.38. The molecule has 3 nitrogen and oxygen atoms in total. The summed E-state index contributed by atoms with van der Waals surface area (Å²) >= 11 is 0. The summed E-state index contributed by atoms with van der Waals surface area (Å²) in [5.74, 6) is 1.18. The van der Waals surface area contributed by atoms with Crippen LogP contribution in [0.2, 0.25) is 0 Å². The Balaban J connectivity index is 1.68. The average molecular weight is 281 g/mol. The lowest BCUT2D eigenvalue weighted by Crippen LogP contribution is -2.51. The lowest BCUT2D eigenvalue weighted by atomic mass is 9.74. The highest BCUT2D eigenvalue weighted by molar-refractivity contribution is 5.92. The molecule has 2 aromatic rings. The zero-order valence-electron chi connectivity index (χ0n) is 12.5. The summed E-state index contributed by atoms with van der Waals surface area (Å²) in [5.41, 5.74) is 0.467. The van der Waals surface area contributed by atoms with Crippen LogP contribution in [0.25, 0.3) is 10.8 Å². The van der Waals surface area contributed by atoms with Crippen molar-refractivity contribution in [3.05, 3.63) is 36.5 Å². The van der Waals surface area contributed by atoms with Crippen molar-refractivity contribution in [3.63, 3.8) is 0 Å². The summed E-state index contributed by atoms with van der Waals surface area (Å²) in [4.78, 5) is 7.24. The molecule has 0 saturated carbocycles. The Hall–Kier alpha value is -1.61. The van der Waals surface area contributed by atoms with Gasteiger partial charge in [0.1, 0.15) is 5.82 Å². The number of aromatic nitrogens is 1. The summed E-state index contributed by atoms with van der Waals surface area (Å²) in [6.07, 6.45) is 7.28. The van der Waals surface area contributed by atoms with Gasteiger partial charge in [-0.2, -0.15) is 0 Å². The fourth-order valence-electron chi connectivity index (χ4n) is 4.12. The fourth-order valence-corrected chi connectivity index (χ4v) is 4.12. The van der Waals surface area contributed by atoms with Gasteiger partial charge < -0.3 is 10.2 Å². The number of nitrogens with zero attached hydrogens (tertiary/aromatic N) is 2. The molecule has 2 fully saturated rings. The fraction of sp³-hybridized carbons (Fsp3) is 0.500. The minimum absolute atomic E-state index is 0.467. The number of benzene rings is 1. The molecule has 0 amide bonds. The van der Waals surface area contributed by atoms with Gasteiger partial charge in [-0.05, 0) is 43.7 Å². The van der Waals surface area contributed by atoms with Gasteiger partial charge in [-0.15, -0.1) is 0 Å². The summed E-state index contributed by atoms with van der Waals surface area (Å²) in [6.45, 7) is 4.66. The number of piperidine rings is 2. The lowest BCUT2D eigenvalue weighted by molar-refractivity contribution is 0.173. The van der Waals surface area contributed by atoms with E-state index in [1.807, 2.05) is 6.20 Å². The molecule has 0 aliphatic carbocycles. The van der Waals surface area contributed by atoms with Crippen LogP contribution in [-0.2, 0) is 0 Å². The smallest absolute Gasteiger partial charge is 0.136 e. The minimum Gasteiger partial charge on any atom is -0.356 e. The molecule has 2 saturated heterocycles. The van der Waals surface area contributed by atoms with Gasteiger partial charge in [0.2, 0.25) is 0 Å². The van der Waals surface area contributed by atoms with E-state index in [-0.39, 0.29) is 0 Å². The first-order chi connectivity index (χ1) is 10.4. The Kier molecular flexibility index (Phi) is 3.30. The largest absolute Gasteiger partial charge is 0.356 e. The molecule has 4 rings (SSSR count). The van der Waals surface area contributed by atoms with Crippen LogP contribution in [0.5, 0.6) is 0 Å². The molecule has 1 spiro atoms. The molecule has 21 heavy (non-hydrogen) atoms. The summed E-state index contributed by atoms with van der Waals surface area (Å²) in [6, 6.07) is 10.7. The highest BCUT2D eigenvalue weighted by atomic mass is 15.2. The molecular weight excluding hydrogens is 258 g/mol. The van der Waals surface area contributed by atoms with E-state index in [0.717, 1.165) is 13.1 Å². The molecule has 3 heterocycles. The Morgan fingerprint density at radius 3 is 2.90 bits per heavy atom. The van der Waals surface area contributed by atoms with Gasteiger partial charge in [0.15, 0.2) is 0 Å². The zero-order chi connectivity index (χ0) is 14.1. The minimum atomic E-state index is 0.467. The number of anilines is 1. The Bertz CT molecular complexity index is 620. The average Bonchev–Trinajstić information content (AvgIpc) is 2.55.